The molecule has 36 heavy (non-hydrogen) atoms. The second kappa shape index (κ2) is 10.6. The number of hydrogen-bond donors (Lipinski definition) is 2. The SMILES string of the molecule is COc1ccc(-c2nc(-c3ccc(S(=O)(=O)NC(Cc4ccccc4)C(=O)O)cc3)no2)cc1OC. The van der Waals surface area contributed by atoms with Gasteiger partial charge >= 0.3 is 5.97 Å². The molecule has 0 aliphatic heterocycles. The number of rotatable bonds is 10. The van der Waals surface area contributed by atoms with Crippen LogP contribution >= 0.6 is 0 Å². The van der Waals surface area contributed by atoms with Gasteiger partial charge in [-0.15, -0.1) is 0 Å². The second-order valence-electron chi connectivity index (χ2n) is 7.72. The van der Waals surface area contributed by atoms with E-state index in [9.17, 15) is 18.3 Å². The second-order valence-corrected chi connectivity index (χ2v) is 9.43. The predicted molar refractivity (Wildman–Crippen MR) is 130 cm³/mol. The Bertz CT molecular complexity index is 1450. The number of sulfonamides is 1. The smallest absolute Gasteiger partial charge is 0.322 e. The minimum Gasteiger partial charge on any atom is -0.493 e. The van der Waals surface area contributed by atoms with Crippen LogP contribution in [-0.4, -0.2) is 49.9 Å². The quantitative estimate of drug-likeness (QED) is 0.329. The molecule has 2 N–H and O–H groups in total. The van der Waals surface area contributed by atoms with Gasteiger partial charge in [0.1, 0.15) is 6.04 Å². The van der Waals surface area contributed by atoms with Gasteiger partial charge in [-0.1, -0.05) is 35.5 Å². The highest BCUT2D eigenvalue weighted by molar-refractivity contribution is 7.89. The van der Waals surface area contributed by atoms with Crippen molar-refractivity contribution in [2.45, 2.75) is 17.4 Å². The summed E-state index contributed by atoms with van der Waals surface area (Å²) >= 11 is 0. The molecule has 0 radical (unpaired) electrons. The van der Waals surface area contributed by atoms with Gasteiger partial charge in [0.25, 0.3) is 5.89 Å². The van der Waals surface area contributed by atoms with Crippen LogP contribution < -0.4 is 14.2 Å². The van der Waals surface area contributed by atoms with Crippen LogP contribution in [0.5, 0.6) is 11.5 Å². The molecule has 0 amide bonds. The molecule has 4 rings (SSSR count). The molecule has 186 valence electrons. The molecular formula is C25H23N3O7S. The van der Waals surface area contributed by atoms with Gasteiger partial charge in [-0.05, 0) is 54.4 Å². The average Bonchev–Trinajstić information content (AvgIpc) is 3.39. The summed E-state index contributed by atoms with van der Waals surface area (Å²) in [5, 5.41) is 13.5. The van der Waals surface area contributed by atoms with Crippen molar-refractivity contribution in [3.63, 3.8) is 0 Å². The maximum Gasteiger partial charge on any atom is 0.322 e. The fourth-order valence-corrected chi connectivity index (χ4v) is 4.68. The number of carboxylic acids is 1. The molecule has 0 bridgehead atoms. The van der Waals surface area contributed by atoms with Gasteiger partial charge < -0.3 is 19.1 Å². The first kappa shape index (κ1) is 24.9. The molecule has 1 heterocycles. The van der Waals surface area contributed by atoms with Crippen LogP contribution in [0.15, 0.2) is 82.2 Å². The first-order valence-electron chi connectivity index (χ1n) is 10.8. The summed E-state index contributed by atoms with van der Waals surface area (Å²) in [5.41, 5.74) is 1.83. The maximum atomic E-state index is 12.8. The number of hydrogen-bond acceptors (Lipinski definition) is 8. The van der Waals surface area contributed by atoms with E-state index in [1.165, 1.54) is 38.5 Å². The Balaban J connectivity index is 1.51. The summed E-state index contributed by atoms with van der Waals surface area (Å²) in [4.78, 5) is 16.0. The largest absolute Gasteiger partial charge is 0.493 e. The molecule has 10 nitrogen and oxygen atoms in total. The van der Waals surface area contributed by atoms with Gasteiger partial charge in [0.2, 0.25) is 15.8 Å². The predicted octanol–water partition coefficient (Wildman–Crippen LogP) is 3.40. The Morgan fingerprint density at radius 1 is 0.972 bits per heavy atom. The van der Waals surface area contributed by atoms with Crippen molar-refractivity contribution in [3.05, 3.63) is 78.4 Å². The van der Waals surface area contributed by atoms with Crippen molar-refractivity contribution >= 4 is 16.0 Å². The van der Waals surface area contributed by atoms with Crippen LogP contribution in [-0.2, 0) is 21.2 Å². The standard InChI is InChI=1S/C25H23N3O7S/c1-33-21-13-10-18(15-22(21)34-2)24-26-23(27-35-24)17-8-11-19(12-9-17)36(31,32)28-20(25(29)30)14-16-6-4-3-5-7-16/h3-13,15,20,28H,14H2,1-2H3,(H,29,30). The summed E-state index contributed by atoms with van der Waals surface area (Å²) < 4.78 is 43.8. The first-order valence-corrected chi connectivity index (χ1v) is 12.2. The number of aliphatic carboxylic acids is 1. The molecule has 11 heteroatoms. The molecule has 1 atom stereocenters. The van der Waals surface area contributed by atoms with E-state index in [4.69, 9.17) is 14.0 Å². The molecule has 4 aromatic rings. The van der Waals surface area contributed by atoms with Crippen molar-refractivity contribution in [2.75, 3.05) is 14.2 Å². The third kappa shape index (κ3) is 5.53. The summed E-state index contributed by atoms with van der Waals surface area (Å²) in [7, 11) is -1.04. The summed E-state index contributed by atoms with van der Waals surface area (Å²) in [6, 6.07) is 18.4. The number of ether oxygens (including phenoxy) is 2. The lowest BCUT2D eigenvalue weighted by Gasteiger charge is -2.15. The Hall–Kier alpha value is -4.22. The fourth-order valence-electron chi connectivity index (χ4n) is 3.49. The number of benzene rings is 3. The Morgan fingerprint density at radius 3 is 2.28 bits per heavy atom. The summed E-state index contributed by atoms with van der Waals surface area (Å²) in [6.07, 6.45) is 0.00920. The van der Waals surface area contributed by atoms with Gasteiger partial charge in [0.05, 0.1) is 19.1 Å². The van der Waals surface area contributed by atoms with E-state index in [-0.39, 0.29) is 23.0 Å². The van der Waals surface area contributed by atoms with Crippen LogP contribution in [0.25, 0.3) is 22.8 Å². The third-order valence-electron chi connectivity index (χ3n) is 5.36. The highest BCUT2D eigenvalue weighted by Gasteiger charge is 2.26. The van der Waals surface area contributed by atoms with E-state index in [0.29, 0.717) is 28.2 Å². The Labute approximate surface area is 207 Å². The molecular weight excluding hydrogens is 486 g/mol. The fraction of sp³-hybridized carbons (Fsp3) is 0.160. The van der Waals surface area contributed by atoms with E-state index in [2.05, 4.69) is 14.9 Å². The van der Waals surface area contributed by atoms with Crippen LogP contribution in [0.2, 0.25) is 0 Å². The van der Waals surface area contributed by atoms with Gasteiger partial charge in [0.15, 0.2) is 11.5 Å². The van der Waals surface area contributed by atoms with E-state index < -0.39 is 22.0 Å². The Morgan fingerprint density at radius 2 is 1.64 bits per heavy atom. The first-order chi connectivity index (χ1) is 17.3. The number of aromatic nitrogens is 2. The molecule has 0 fully saturated rings. The van der Waals surface area contributed by atoms with Gasteiger partial charge in [-0.3, -0.25) is 4.79 Å². The van der Waals surface area contributed by atoms with Gasteiger partial charge in [-0.25, -0.2) is 8.42 Å². The monoisotopic (exact) mass is 509 g/mol. The summed E-state index contributed by atoms with van der Waals surface area (Å²) in [5.74, 6) is 0.288. The molecule has 0 aliphatic rings. The number of carboxylic acid groups (broad SMARTS) is 1. The van der Waals surface area contributed by atoms with Crippen molar-refractivity contribution in [1.82, 2.24) is 14.9 Å². The van der Waals surface area contributed by atoms with Gasteiger partial charge in [0, 0.05) is 11.1 Å². The highest BCUT2D eigenvalue weighted by atomic mass is 32.2. The van der Waals surface area contributed by atoms with E-state index in [1.807, 2.05) is 0 Å². The van der Waals surface area contributed by atoms with Crippen molar-refractivity contribution in [2.24, 2.45) is 0 Å². The molecule has 1 unspecified atom stereocenters. The van der Waals surface area contributed by atoms with Crippen molar-refractivity contribution in [1.29, 1.82) is 0 Å². The lowest BCUT2D eigenvalue weighted by atomic mass is 10.1. The minimum atomic E-state index is -4.10. The normalized spacial score (nSPS) is 12.2. The van der Waals surface area contributed by atoms with Crippen molar-refractivity contribution < 1.29 is 32.3 Å². The third-order valence-corrected chi connectivity index (χ3v) is 6.85. The number of nitrogens with one attached hydrogen (secondary N) is 1. The zero-order chi connectivity index (χ0) is 25.7. The molecule has 0 spiro atoms. The lowest BCUT2D eigenvalue weighted by molar-refractivity contribution is -0.138. The van der Waals surface area contributed by atoms with Crippen LogP contribution in [0.1, 0.15) is 5.56 Å². The lowest BCUT2D eigenvalue weighted by Crippen LogP contribution is -2.42. The van der Waals surface area contributed by atoms with E-state index in [1.54, 1.807) is 48.5 Å². The highest BCUT2D eigenvalue weighted by Crippen LogP contribution is 2.32. The molecule has 0 aliphatic carbocycles. The van der Waals surface area contributed by atoms with Crippen molar-refractivity contribution in [3.8, 4) is 34.3 Å². The zero-order valence-corrected chi connectivity index (χ0v) is 20.2. The minimum absolute atomic E-state index is 0.00920. The molecule has 3 aromatic carbocycles. The molecule has 0 saturated carbocycles. The van der Waals surface area contributed by atoms with E-state index >= 15 is 0 Å². The number of methoxy groups -OCH3 is 2. The molecule has 0 saturated heterocycles. The Kier molecular flexibility index (Phi) is 7.32. The zero-order valence-electron chi connectivity index (χ0n) is 19.4. The summed E-state index contributed by atoms with van der Waals surface area (Å²) in [6.45, 7) is 0. The maximum absolute atomic E-state index is 12.8. The average molecular weight is 510 g/mol. The van der Waals surface area contributed by atoms with Gasteiger partial charge in [-0.2, -0.15) is 9.71 Å². The topological polar surface area (TPSA) is 141 Å². The van der Waals surface area contributed by atoms with Crippen LogP contribution in [0, 0.1) is 0 Å². The number of nitrogens with zero attached hydrogens (tertiary/aromatic N) is 2. The van der Waals surface area contributed by atoms with E-state index in [0.717, 1.165) is 0 Å². The number of carbonyl (C=O) groups is 1. The van der Waals surface area contributed by atoms with Crippen LogP contribution in [0.3, 0.4) is 0 Å². The van der Waals surface area contributed by atoms with Crippen LogP contribution in [0.4, 0.5) is 0 Å². The molecule has 1 aromatic heterocycles.